The molecule has 9 heteroatoms. The Morgan fingerprint density at radius 3 is 2.94 bits per heavy atom. The second-order valence-corrected chi connectivity index (χ2v) is 8.04. The number of hydrogen-bond donors (Lipinski definition) is 2. The quantitative estimate of drug-likeness (QED) is 0.448. The number of pyridine rings is 2. The van der Waals surface area contributed by atoms with Gasteiger partial charge >= 0.3 is 6.09 Å². The first-order chi connectivity index (χ1) is 16.1. The lowest BCUT2D eigenvalue weighted by Gasteiger charge is -2.23. The zero-order chi connectivity index (χ0) is 22.6. The van der Waals surface area contributed by atoms with Crippen LogP contribution in [0.25, 0.3) is 10.8 Å². The second-order valence-electron chi connectivity index (χ2n) is 8.04. The number of ether oxygens (including phenoxy) is 2. The minimum absolute atomic E-state index is 0.199. The lowest BCUT2D eigenvalue weighted by Crippen LogP contribution is -2.24. The van der Waals surface area contributed by atoms with Crippen LogP contribution in [0.2, 0.25) is 0 Å². The van der Waals surface area contributed by atoms with Crippen LogP contribution in [0, 0.1) is 5.92 Å². The number of nitrogens with zero attached hydrogens (tertiary/aromatic N) is 4. The molecule has 0 saturated carbocycles. The molecule has 1 aliphatic rings. The van der Waals surface area contributed by atoms with E-state index in [-0.39, 0.29) is 5.88 Å². The normalized spacial score (nSPS) is 15.1. The fourth-order valence-electron chi connectivity index (χ4n) is 4.04. The number of imidazole rings is 1. The van der Waals surface area contributed by atoms with E-state index in [9.17, 15) is 4.79 Å². The molecule has 0 saturated heterocycles. The van der Waals surface area contributed by atoms with Gasteiger partial charge in [-0.15, -0.1) is 0 Å². The largest absolute Gasteiger partial charge is 0.477 e. The van der Waals surface area contributed by atoms with Gasteiger partial charge in [0.05, 0.1) is 6.61 Å². The third kappa shape index (κ3) is 4.87. The lowest BCUT2D eigenvalue weighted by molar-refractivity contribution is 0.209. The van der Waals surface area contributed by atoms with Gasteiger partial charge in [0.25, 0.3) is 0 Å². The van der Waals surface area contributed by atoms with Crippen molar-refractivity contribution in [3.63, 3.8) is 0 Å². The second kappa shape index (κ2) is 9.15. The predicted molar refractivity (Wildman–Crippen MR) is 123 cm³/mol. The van der Waals surface area contributed by atoms with Crippen LogP contribution >= 0.6 is 0 Å². The molecule has 0 radical (unpaired) electrons. The monoisotopic (exact) mass is 444 g/mol. The van der Waals surface area contributed by atoms with Crippen LogP contribution in [0.3, 0.4) is 0 Å². The number of nitrogens with one attached hydrogen (secondary N) is 1. The fourth-order valence-corrected chi connectivity index (χ4v) is 4.04. The van der Waals surface area contributed by atoms with Crippen molar-refractivity contribution in [1.29, 1.82) is 0 Å². The first-order valence-electron chi connectivity index (χ1n) is 10.8. The Bertz CT molecular complexity index is 1290. The zero-order valence-electron chi connectivity index (χ0n) is 18.0. The van der Waals surface area contributed by atoms with Crippen molar-refractivity contribution >= 4 is 22.6 Å². The van der Waals surface area contributed by atoms with Gasteiger partial charge in [0, 0.05) is 67.4 Å². The highest BCUT2D eigenvalue weighted by molar-refractivity contribution is 5.90. The summed E-state index contributed by atoms with van der Waals surface area (Å²) < 4.78 is 13.2. The number of anilines is 1. The number of amides is 1. The van der Waals surface area contributed by atoms with E-state index >= 15 is 0 Å². The third-order valence-corrected chi connectivity index (χ3v) is 5.74. The van der Waals surface area contributed by atoms with Crippen molar-refractivity contribution < 1.29 is 14.3 Å². The van der Waals surface area contributed by atoms with Crippen molar-refractivity contribution in [2.24, 2.45) is 11.7 Å². The Labute approximate surface area is 190 Å². The van der Waals surface area contributed by atoms with Gasteiger partial charge in [-0.2, -0.15) is 0 Å². The first kappa shape index (κ1) is 20.7. The number of carbonyl (C=O) groups excluding carboxylic acids is 1. The van der Waals surface area contributed by atoms with Gasteiger partial charge in [-0.1, -0.05) is 0 Å². The Balaban J connectivity index is 1.19. The van der Waals surface area contributed by atoms with E-state index in [1.54, 1.807) is 12.4 Å². The van der Waals surface area contributed by atoms with Crippen LogP contribution in [-0.2, 0) is 19.5 Å². The van der Waals surface area contributed by atoms with Gasteiger partial charge in [-0.3, -0.25) is 0 Å². The molecule has 0 spiro atoms. The van der Waals surface area contributed by atoms with E-state index in [0.717, 1.165) is 41.8 Å². The molecule has 168 valence electrons. The van der Waals surface area contributed by atoms with Crippen LogP contribution in [0.15, 0.2) is 61.2 Å². The smallest absolute Gasteiger partial charge is 0.411 e. The number of primary amides is 1. The molecule has 1 aromatic carbocycles. The standard InChI is InChI=1S/C24H24N6O3/c25-24(31)33-23-20-2-1-19(13-18(20)4-7-28-23)29-14-16-3-6-27-22(12-16)32-15-17-5-9-30-10-8-26-21(30)11-17/h1-4,6-8,10,12-13,17,29H,5,9,11,14-15H2,(H2,25,31). The molecule has 3 aromatic heterocycles. The molecule has 33 heavy (non-hydrogen) atoms. The Kier molecular flexibility index (Phi) is 5.75. The molecule has 9 nitrogen and oxygen atoms in total. The minimum Gasteiger partial charge on any atom is -0.477 e. The Morgan fingerprint density at radius 2 is 2.03 bits per heavy atom. The number of nitrogens with two attached hydrogens (primary N) is 1. The van der Waals surface area contributed by atoms with E-state index in [0.29, 0.717) is 30.3 Å². The summed E-state index contributed by atoms with van der Waals surface area (Å²) in [6.07, 6.45) is 8.35. The van der Waals surface area contributed by atoms with Crippen molar-refractivity contribution in [1.82, 2.24) is 19.5 Å². The number of benzene rings is 1. The average molecular weight is 444 g/mol. The Morgan fingerprint density at radius 1 is 1.12 bits per heavy atom. The number of aryl methyl sites for hydroxylation is 1. The summed E-state index contributed by atoms with van der Waals surface area (Å²) in [6, 6.07) is 11.5. The maximum absolute atomic E-state index is 11.1. The zero-order valence-corrected chi connectivity index (χ0v) is 18.0. The van der Waals surface area contributed by atoms with Crippen LogP contribution < -0.4 is 20.5 Å². The number of carbonyl (C=O) groups is 1. The summed E-state index contributed by atoms with van der Waals surface area (Å²) >= 11 is 0. The molecule has 4 aromatic rings. The minimum atomic E-state index is -0.886. The van der Waals surface area contributed by atoms with Crippen molar-refractivity contribution in [3.8, 4) is 11.8 Å². The van der Waals surface area contributed by atoms with Crippen LogP contribution in [0.5, 0.6) is 11.8 Å². The fraction of sp³-hybridized carbons (Fsp3) is 0.250. The highest BCUT2D eigenvalue weighted by Crippen LogP contribution is 2.26. The van der Waals surface area contributed by atoms with Crippen molar-refractivity contribution in [2.75, 3.05) is 11.9 Å². The molecule has 0 aliphatic carbocycles. The summed E-state index contributed by atoms with van der Waals surface area (Å²) in [7, 11) is 0. The molecule has 0 fully saturated rings. The SMILES string of the molecule is NC(=O)Oc1nccc2cc(NCc3ccnc(OCC4CCn5ccnc5C4)c3)ccc12. The van der Waals surface area contributed by atoms with E-state index in [2.05, 4.69) is 24.8 Å². The molecule has 1 unspecified atom stereocenters. The third-order valence-electron chi connectivity index (χ3n) is 5.74. The predicted octanol–water partition coefficient (Wildman–Crippen LogP) is 3.54. The van der Waals surface area contributed by atoms with E-state index < -0.39 is 6.09 Å². The highest BCUT2D eigenvalue weighted by atomic mass is 16.6. The van der Waals surface area contributed by atoms with Gasteiger partial charge in [0.2, 0.25) is 11.8 Å². The summed E-state index contributed by atoms with van der Waals surface area (Å²) in [6.45, 7) is 2.23. The molecule has 1 amide bonds. The number of hydrogen-bond acceptors (Lipinski definition) is 7. The average Bonchev–Trinajstić information content (AvgIpc) is 3.29. The van der Waals surface area contributed by atoms with Gasteiger partial charge in [0.1, 0.15) is 5.82 Å². The van der Waals surface area contributed by atoms with E-state index in [1.165, 1.54) is 0 Å². The number of fused-ring (bicyclic) bond motifs is 2. The molecule has 4 heterocycles. The Hall–Kier alpha value is -4.14. The maximum atomic E-state index is 11.1. The molecule has 1 atom stereocenters. The topological polar surface area (TPSA) is 117 Å². The molecule has 1 aliphatic heterocycles. The summed E-state index contributed by atoms with van der Waals surface area (Å²) in [4.78, 5) is 23.9. The maximum Gasteiger partial charge on any atom is 0.411 e. The van der Waals surface area contributed by atoms with Gasteiger partial charge in [-0.25, -0.2) is 19.7 Å². The van der Waals surface area contributed by atoms with Crippen LogP contribution in [-0.4, -0.2) is 32.2 Å². The molecular weight excluding hydrogens is 420 g/mol. The molecule has 0 bridgehead atoms. The van der Waals surface area contributed by atoms with Gasteiger partial charge < -0.3 is 25.1 Å². The van der Waals surface area contributed by atoms with Crippen molar-refractivity contribution in [2.45, 2.75) is 25.9 Å². The number of rotatable bonds is 7. The highest BCUT2D eigenvalue weighted by Gasteiger charge is 2.20. The first-order valence-corrected chi connectivity index (χ1v) is 10.8. The van der Waals surface area contributed by atoms with Crippen LogP contribution in [0.1, 0.15) is 17.8 Å². The molecule has 3 N–H and O–H groups in total. The molecule has 5 rings (SSSR count). The van der Waals surface area contributed by atoms with E-state index in [4.69, 9.17) is 15.2 Å². The van der Waals surface area contributed by atoms with Crippen LogP contribution in [0.4, 0.5) is 10.5 Å². The van der Waals surface area contributed by atoms with Gasteiger partial charge in [-0.05, 0) is 47.7 Å². The summed E-state index contributed by atoms with van der Waals surface area (Å²) in [5, 5.41) is 5.01. The van der Waals surface area contributed by atoms with Crippen molar-refractivity contribution in [3.05, 3.63) is 72.6 Å². The number of aromatic nitrogens is 4. The van der Waals surface area contributed by atoms with Gasteiger partial charge in [0.15, 0.2) is 0 Å². The summed E-state index contributed by atoms with van der Waals surface area (Å²) in [5.41, 5.74) is 7.10. The van der Waals surface area contributed by atoms with E-state index in [1.807, 2.05) is 48.8 Å². The summed E-state index contributed by atoms with van der Waals surface area (Å²) in [5.74, 6) is 2.39. The molecular formula is C24H24N6O3. The lowest BCUT2D eigenvalue weighted by atomic mass is 9.99.